The predicted molar refractivity (Wildman–Crippen MR) is 129 cm³/mol. The number of esters is 1. The fourth-order valence-corrected chi connectivity index (χ4v) is 3.96. The van der Waals surface area contributed by atoms with Crippen molar-refractivity contribution in [1.29, 1.82) is 0 Å². The van der Waals surface area contributed by atoms with Gasteiger partial charge in [-0.15, -0.1) is 0 Å². The molecule has 1 unspecified atom stereocenters. The Labute approximate surface area is 189 Å². The van der Waals surface area contributed by atoms with Gasteiger partial charge in [0.2, 0.25) is 0 Å². The van der Waals surface area contributed by atoms with E-state index in [2.05, 4.69) is 45.0 Å². The highest BCUT2D eigenvalue weighted by atomic mass is 16.5. The van der Waals surface area contributed by atoms with Crippen LogP contribution in [0.2, 0.25) is 0 Å². The Balaban J connectivity index is 1.72. The molecule has 1 aromatic heterocycles. The Morgan fingerprint density at radius 2 is 1.59 bits per heavy atom. The molecule has 0 amide bonds. The molecule has 4 nitrogen and oxygen atoms in total. The average molecular weight is 427 g/mol. The van der Waals surface area contributed by atoms with Crippen molar-refractivity contribution in [3.63, 3.8) is 0 Å². The van der Waals surface area contributed by atoms with Gasteiger partial charge in [-0.1, -0.05) is 94.4 Å². The molecule has 0 aliphatic rings. The van der Waals surface area contributed by atoms with E-state index in [1.54, 1.807) is 0 Å². The van der Waals surface area contributed by atoms with E-state index < -0.39 is 6.04 Å². The maximum Gasteiger partial charge on any atom is 0.329 e. The van der Waals surface area contributed by atoms with Gasteiger partial charge in [0.05, 0.1) is 11.0 Å². The molecule has 4 aromatic rings. The van der Waals surface area contributed by atoms with Crippen LogP contribution in [0.3, 0.4) is 0 Å². The highest BCUT2D eigenvalue weighted by Gasteiger charge is 2.26. The van der Waals surface area contributed by atoms with Crippen molar-refractivity contribution < 1.29 is 9.53 Å². The molecule has 1 heterocycles. The standard InChI is InChI=1S/C28H30N2O2/c1-5-24(27(31)32-19-20-11-7-6-8-12-20)30-25-14-10-9-13-23(25)29-26(30)21-15-17-22(18-16-21)28(2,3)4/h6-18,24H,5,19H2,1-4H3. The lowest BCUT2D eigenvalue weighted by atomic mass is 9.86. The molecule has 0 fully saturated rings. The summed E-state index contributed by atoms with van der Waals surface area (Å²) >= 11 is 0. The number of hydrogen-bond donors (Lipinski definition) is 0. The quantitative estimate of drug-likeness (QED) is 0.322. The Bertz CT molecular complexity index is 1200. The largest absolute Gasteiger partial charge is 0.459 e. The lowest BCUT2D eigenvalue weighted by molar-refractivity contribution is -0.149. The van der Waals surface area contributed by atoms with Crippen molar-refractivity contribution in [2.24, 2.45) is 0 Å². The van der Waals surface area contributed by atoms with Crippen LogP contribution < -0.4 is 0 Å². The van der Waals surface area contributed by atoms with E-state index in [9.17, 15) is 4.79 Å². The summed E-state index contributed by atoms with van der Waals surface area (Å²) in [7, 11) is 0. The minimum atomic E-state index is -0.455. The zero-order valence-corrected chi connectivity index (χ0v) is 19.2. The molecule has 164 valence electrons. The van der Waals surface area contributed by atoms with Gasteiger partial charge in [-0.25, -0.2) is 9.78 Å². The first-order valence-corrected chi connectivity index (χ1v) is 11.2. The fraction of sp³-hybridized carbons (Fsp3) is 0.286. The molecule has 0 aliphatic heterocycles. The number of imidazole rings is 1. The third-order valence-corrected chi connectivity index (χ3v) is 5.80. The number of para-hydroxylation sites is 2. The molecular weight excluding hydrogens is 396 g/mol. The molecule has 0 aliphatic carbocycles. The molecule has 0 N–H and O–H groups in total. The molecule has 0 saturated carbocycles. The number of aromatic nitrogens is 2. The topological polar surface area (TPSA) is 44.1 Å². The highest BCUT2D eigenvalue weighted by molar-refractivity contribution is 5.85. The molecule has 32 heavy (non-hydrogen) atoms. The third-order valence-electron chi connectivity index (χ3n) is 5.80. The van der Waals surface area contributed by atoms with Crippen LogP contribution in [0.5, 0.6) is 0 Å². The number of carbonyl (C=O) groups is 1. The van der Waals surface area contributed by atoms with Gasteiger partial charge in [0.25, 0.3) is 0 Å². The van der Waals surface area contributed by atoms with E-state index in [0.29, 0.717) is 6.42 Å². The van der Waals surface area contributed by atoms with Crippen LogP contribution in [-0.4, -0.2) is 15.5 Å². The van der Waals surface area contributed by atoms with E-state index in [1.165, 1.54) is 5.56 Å². The molecule has 0 spiro atoms. The van der Waals surface area contributed by atoms with Gasteiger partial charge < -0.3 is 9.30 Å². The number of benzene rings is 3. The summed E-state index contributed by atoms with van der Waals surface area (Å²) in [6.07, 6.45) is 0.612. The lowest BCUT2D eigenvalue weighted by Gasteiger charge is -2.21. The van der Waals surface area contributed by atoms with Crippen LogP contribution in [0, 0.1) is 0 Å². The van der Waals surface area contributed by atoms with Crippen molar-refractivity contribution in [1.82, 2.24) is 9.55 Å². The molecule has 4 heteroatoms. The van der Waals surface area contributed by atoms with Gasteiger partial charge in [-0.2, -0.15) is 0 Å². The van der Waals surface area contributed by atoms with Crippen LogP contribution in [-0.2, 0) is 21.6 Å². The number of fused-ring (bicyclic) bond motifs is 1. The van der Waals surface area contributed by atoms with Crippen molar-refractivity contribution in [3.8, 4) is 11.4 Å². The maximum absolute atomic E-state index is 13.2. The molecule has 0 radical (unpaired) electrons. The van der Waals surface area contributed by atoms with Crippen molar-refractivity contribution in [3.05, 3.63) is 90.0 Å². The molecule has 1 atom stereocenters. The van der Waals surface area contributed by atoms with Crippen LogP contribution in [0.15, 0.2) is 78.9 Å². The number of hydrogen-bond acceptors (Lipinski definition) is 3. The highest BCUT2D eigenvalue weighted by Crippen LogP contribution is 2.32. The van der Waals surface area contributed by atoms with Gasteiger partial charge in [-0.3, -0.25) is 0 Å². The van der Waals surface area contributed by atoms with E-state index >= 15 is 0 Å². The minimum absolute atomic E-state index is 0.0753. The van der Waals surface area contributed by atoms with Crippen molar-refractivity contribution in [2.45, 2.75) is 52.2 Å². The maximum atomic E-state index is 13.2. The molecule has 4 rings (SSSR count). The van der Waals surface area contributed by atoms with Crippen LogP contribution in [0.25, 0.3) is 22.4 Å². The summed E-state index contributed by atoms with van der Waals surface area (Å²) < 4.78 is 7.76. The normalized spacial score (nSPS) is 12.6. The second-order valence-corrected chi connectivity index (χ2v) is 9.14. The molecule has 3 aromatic carbocycles. The van der Waals surface area contributed by atoms with Gasteiger partial charge in [0, 0.05) is 5.56 Å². The number of nitrogens with zero attached hydrogens (tertiary/aromatic N) is 2. The summed E-state index contributed by atoms with van der Waals surface area (Å²) in [5.41, 5.74) is 5.11. The Hall–Kier alpha value is -3.40. The summed E-state index contributed by atoms with van der Waals surface area (Å²) in [6, 6.07) is 25.8. The van der Waals surface area contributed by atoms with Crippen LogP contribution in [0.1, 0.15) is 51.3 Å². The number of rotatable bonds is 6. The minimum Gasteiger partial charge on any atom is -0.459 e. The monoisotopic (exact) mass is 426 g/mol. The van der Waals surface area contributed by atoms with Crippen LogP contribution >= 0.6 is 0 Å². The Morgan fingerprint density at radius 3 is 2.25 bits per heavy atom. The summed E-state index contributed by atoms with van der Waals surface area (Å²) in [5.74, 6) is 0.544. The van der Waals surface area contributed by atoms with E-state index in [1.807, 2.05) is 66.1 Å². The van der Waals surface area contributed by atoms with E-state index in [-0.39, 0.29) is 18.0 Å². The fourth-order valence-electron chi connectivity index (χ4n) is 3.96. The van der Waals surface area contributed by atoms with Gasteiger partial charge in [0.1, 0.15) is 18.5 Å². The van der Waals surface area contributed by atoms with Crippen LogP contribution in [0.4, 0.5) is 0 Å². The molecule has 0 bridgehead atoms. The van der Waals surface area contributed by atoms with Crippen molar-refractivity contribution in [2.75, 3.05) is 0 Å². The van der Waals surface area contributed by atoms with E-state index in [4.69, 9.17) is 9.72 Å². The Kier molecular flexibility index (Phi) is 6.13. The summed E-state index contributed by atoms with van der Waals surface area (Å²) in [6.45, 7) is 8.88. The third kappa shape index (κ3) is 4.45. The first-order chi connectivity index (χ1) is 15.4. The zero-order chi connectivity index (χ0) is 22.7. The number of carbonyl (C=O) groups excluding carboxylic acids is 1. The van der Waals surface area contributed by atoms with E-state index in [0.717, 1.165) is 28.0 Å². The van der Waals surface area contributed by atoms with Gasteiger partial charge in [0.15, 0.2) is 0 Å². The first-order valence-electron chi connectivity index (χ1n) is 11.2. The van der Waals surface area contributed by atoms with Gasteiger partial charge in [-0.05, 0) is 35.1 Å². The second kappa shape index (κ2) is 8.99. The first kappa shape index (κ1) is 21.8. The zero-order valence-electron chi connectivity index (χ0n) is 19.2. The molecule has 0 saturated heterocycles. The lowest BCUT2D eigenvalue weighted by Crippen LogP contribution is -2.22. The summed E-state index contributed by atoms with van der Waals surface area (Å²) in [5, 5.41) is 0. The Morgan fingerprint density at radius 1 is 0.938 bits per heavy atom. The predicted octanol–water partition coefficient (Wildman–Crippen LogP) is 6.70. The average Bonchev–Trinajstić information content (AvgIpc) is 3.18. The number of ether oxygens (including phenoxy) is 1. The summed E-state index contributed by atoms with van der Waals surface area (Å²) in [4.78, 5) is 18.1. The van der Waals surface area contributed by atoms with Gasteiger partial charge >= 0.3 is 5.97 Å². The van der Waals surface area contributed by atoms with Crippen molar-refractivity contribution >= 4 is 17.0 Å². The smallest absolute Gasteiger partial charge is 0.329 e. The molecular formula is C28H30N2O2. The SMILES string of the molecule is CCC(C(=O)OCc1ccccc1)n1c(-c2ccc(C(C)(C)C)cc2)nc2ccccc21. The second-order valence-electron chi connectivity index (χ2n) is 9.14.